The molecule has 86 valence electrons. The maximum atomic E-state index is 4.29. The van der Waals surface area contributed by atoms with E-state index in [2.05, 4.69) is 45.8 Å². The fourth-order valence-corrected chi connectivity index (χ4v) is 2.33. The van der Waals surface area contributed by atoms with Crippen LogP contribution in [0.15, 0.2) is 36.4 Å². The minimum atomic E-state index is 0.188. The third kappa shape index (κ3) is 1.94. The lowest BCUT2D eigenvalue weighted by Crippen LogP contribution is -2.31. The van der Waals surface area contributed by atoms with Crippen LogP contribution in [-0.2, 0) is 6.42 Å². The monoisotopic (exact) mass is 225 g/mol. The smallest absolute Gasteiger partial charge is 0.0846 e. The van der Waals surface area contributed by atoms with Crippen LogP contribution in [0.4, 0.5) is 0 Å². The Balaban J connectivity index is 2.03. The summed E-state index contributed by atoms with van der Waals surface area (Å²) in [7, 11) is 0. The molecule has 1 aliphatic heterocycles. The summed E-state index contributed by atoms with van der Waals surface area (Å²) in [5.41, 5.74) is 4.70. The van der Waals surface area contributed by atoms with Gasteiger partial charge in [-0.15, -0.1) is 0 Å². The van der Waals surface area contributed by atoms with E-state index in [1.807, 2.05) is 13.0 Å². The molecule has 0 amide bonds. The van der Waals surface area contributed by atoms with Gasteiger partial charge in [0.15, 0.2) is 0 Å². The first-order valence-electron chi connectivity index (χ1n) is 5.96. The van der Waals surface area contributed by atoms with E-state index in [0.717, 1.165) is 24.4 Å². The van der Waals surface area contributed by atoms with E-state index in [1.54, 1.807) is 0 Å². The molecule has 0 aliphatic carbocycles. The zero-order chi connectivity index (χ0) is 11.7. The van der Waals surface area contributed by atoms with Crippen molar-refractivity contribution in [3.63, 3.8) is 0 Å². The van der Waals surface area contributed by atoms with Gasteiger partial charge < -0.3 is 5.32 Å². The molecule has 3 heteroatoms. The number of benzene rings is 1. The predicted octanol–water partition coefficient (Wildman–Crippen LogP) is 2.02. The lowest BCUT2D eigenvalue weighted by molar-refractivity contribution is 0.550. The minimum Gasteiger partial charge on any atom is -0.305 e. The van der Waals surface area contributed by atoms with Crippen LogP contribution in [0.2, 0.25) is 0 Å². The van der Waals surface area contributed by atoms with Crippen LogP contribution >= 0.6 is 0 Å². The van der Waals surface area contributed by atoms with Gasteiger partial charge in [-0.25, -0.2) is 0 Å². The topological polar surface area (TPSA) is 37.8 Å². The van der Waals surface area contributed by atoms with Crippen molar-refractivity contribution in [1.82, 2.24) is 15.5 Å². The van der Waals surface area contributed by atoms with Crippen molar-refractivity contribution in [2.24, 2.45) is 0 Å². The van der Waals surface area contributed by atoms with Gasteiger partial charge in [0.1, 0.15) is 0 Å². The van der Waals surface area contributed by atoms with Crippen molar-refractivity contribution in [3.8, 4) is 0 Å². The first-order chi connectivity index (χ1) is 8.34. The molecule has 1 aromatic carbocycles. The van der Waals surface area contributed by atoms with E-state index in [1.165, 1.54) is 11.1 Å². The van der Waals surface area contributed by atoms with Gasteiger partial charge in [0.2, 0.25) is 0 Å². The Morgan fingerprint density at radius 2 is 2.00 bits per heavy atom. The summed E-state index contributed by atoms with van der Waals surface area (Å²) in [4.78, 5) is 0. The number of hydrogen-bond acceptors (Lipinski definition) is 3. The summed E-state index contributed by atoms with van der Waals surface area (Å²) in [5, 5.41) is 11.9. The molecule has 0 spiro atoms. The van der Waals surface area contributed by atoms with Crippen LogP contribution in [0.1, 0.15) is 28.6 Å². The van der Waals surface area contributed by atoms with Gasteiger partial charge in [-0.1, -0.05) is 24.3 Å². The fourth-order valence-electron chi connectivity index (χ4n) is 2.33. The van der Waals surface area contributed by atoms with Gasteiger partial charge in [0.25, 0.3) is 0 Å². The van der Waals surface area contributed by atoms with Crippen LogP contribution in [0.3, 0.4) is 0 Å². The van der Waals surface area contributed by atoms with Crippen molar-refractivity contribution in [2.45, 2.75) is 19.4 Å². The normalized spacial score (nSPS) is 18.8. The second-order valence-electron chi connectivity index (χ2n) is 4.44. The molecule has 3 nitrogen and oxygen atoms in total. The number of rotatable bonds is 1. The van der Waals surface area contributed by atoms with Crippen LogP contribution in [0.5, 0.6) is 0 Å². The van der Waals surface area contributed by atoms with E-state index < -0.39 is 0 Å². The molecule has 0 bridgehead atoms. The van der Waals surface area contributed by atoms with E-state index in [4.69, 9.17) is 0 Å². The Morgan fingerprint density at radius 1 is 1.12 bits per heavy atom. The Morgan fingerprint density at radius 3 is 2.82 bits per heavy atom. The SMILES string of the molecule is Cc1ccc(C2NCCc3ccccc32)nn1. The molecule has 3 rings (SSSR count). The van der Waals surface area contributed by atoms with E-state index in [9.17, 15) is 0 Å². The lowest BCUT2D eigenvalue weighted by atomic mass is 9.92. The molecule has 1 N–H and O–H groups in total. The third-order valence-electron chi connectivity index (χ3n) is 3.22. The first kappa shape index (κ1) is 10.4. The van der Waals surface area contributed by atoms with Crippen molar-refractivity contribution in [3.05, 3.63) is 58.9 Å². The van der Waals surface area contributed by atoms with Gasteiger partial charge in [-0.3, -0.25) is 0 Å². The quantitative estimate of drug-likeness (QED) is 0.807. The number of nitrogens with zero attached hydrogens (tertiary/aromatic N) is 2. The van der Waals surface area contributed by atoms with Gasteiger partial charge >= 0.3 is 0 Å². The van der Waals surface area contributed by atoms with E-state index >= 15 is 0 Å². The molecule has 2 aromatic rings. The van der Waals surface area contributed by atoms with E-state index in [-0.39, 0.29) is 6.04 Å². The molecule has 1 atom stereocenters. The number of aryl methyl sites for hydroxylation is 1. The Hall–Kier alpha value is -1.74. The Bertz CT molecular complexity index is 519. The number of aromatic nitrogens is 2. The largest absolute Gasteiger partial charge is 0.305 e. The maximum absolute atomic E-state index is 4.29. The van der Waals surface area contributed by atoms with Crippen molar-refractivity contribution in [1.29, 1.82) is 0 Å². The molecule has 0 fully saturated rings. The van der Waals surface area contributed by atoms with Gasteiger partial charge in [0, 0.05) is 6.54 Å². The molecular formula is C14H15N3. The second kappa shape index (κ2) is 4.26. The molecule has 0 saturated carbocycles. The van der Waals surface area contributed by atoms with Crippen LogP contribution in [0.25, 0.3) is 0 Å². The molecule has 1 aromatic heterocycles. The summed E-state index contributed by atoms with van der Waals surface area (Å²) in [6.45, 7) is 2.95. The standard InChI is InChI=1S/C14H15N3/c1-10-6-7-13(17-16-10)14-12-5-3-2-4-11(12)8-9-15-14/h2-7,14-15H,8-9H2,1H3. The first-order valence-corrected chi connectivity index (χ1v) is 5.96. The molecule has 2 heterocycles. The maximum Gasteiger partial charge on any atom is 0.0846 e. The van der Waals surface area contributed by atoms with Gasteiger partial charge in [-0.05, 0) is 36.6 Å². The summed E-state index contributed by atoms with van der Waals surface area (Å²) in [6.07, 6.45) is 1.09. The predicted molar refractivity (Wildman–Crippen MR) is 66.8 cm³/mol. The van der Waals surface area contributed by atoms with Crippen LogP contribution in [0, 0.1) is 6.92 Å². The Labute approximate surface area is 101 Å². The fraction of sp³-hybridized carbons (Fsp3) is 0.286. The lowest BCUT2D eigenvalue weighted by Gasteiger charge is -2.26. The average molecular weight is 225 g/mol. The van der Waals surface area contributed by atoms with Crippen LogP contribution in [-0.4, -0.2) is 16.7 Å². The summed E-state index contributed by atoms with van der Waals surface area (Å²) < 4.78 is 0. The van der Waals surface area contributed by atoms with Crippen molar-refractivity contribution >= 4 is 0 Å². The van der Waals surface area contributed by atoms with E-state index in [0.29, 0.717) is 0 Å². The highest BCUT2D eigenvalue weighted by molar-refractivity contribution is 5.37. The number of fused-ring (bicyclic) bond motifs is 1. The van der Waals surface area contributed by atoms with Crippen molar-refractivity contribution < 1.29 is 0 Å². The van der Waals surface area contributed by atoms with Gasteiger partial charge in [0.05, 0.1) is 17.4 Å². The Kier molecular flexibility index (Phi) is 2.61. The van der Waals surface area contributed by atoms with Gasteiger partial charge in [-0.2, -0.15) is 10.2 Å². The molecule has 0 radical (unpaired) electrons. The zero-order valence-corrected chi connectivity index (χ0v) is 9.85. The molecule has 1 aliphatic rings. The van der Waals surface area contributed by atoms with Crippen molar-refractivity contribution in [2.75, 3.05) is 6.54 Å². The highest BCUT2D eigenvalue weighted by Crippen LogP contribution is 2.26. The number of hydrogen-bond donors (Lipinski definition) is 1. The highest BCUT2D eigenvalue weighted by Gasteiger charge is 2.21. The zero-order valence-electron chi connectivity index (χ0n) is 9.85. The summed E-state index contributed by atoms with van der Waals surface area (Å²) >= 11 is 0. The molecule has 17 heavy (non-hydrogen) atoms. The molecule has 1 unspecified atom stereocenters. The summed E-state index contributed by atoms with van der Waals surface area (Å²) in [6, 6.07) is 12.8. The molecular weight excluding hydrogens is 210 g/mol. The summed E-state index contributed by atoms with van der Waals surface area (Å²) in [5.74, 6) is 0. The average Bonchev–Trinajstić information content (AvgIpc) is 2.39. The van der Waals surface area contributed by atoms with Crippen LogP contribution < -0.4 is 5.32 Å². The number of nitrogens with one attached hydrogen (secondary N) is 1. The molecule has 0 saturated heterocycles. The minimum absolute atomic E-state index is 0.188. The second-order valence-corrected chi connectivity index (χ2v) is 4.44. The highest BCUT2D eigenvalue weighted by atomic mass is 15.1. The third-order valence-corrected chi connectivity index (χ3v) is 3.22.